The Morgan fingerprint density at radius 2 is 2.00 bits per heavy atom. The van der Waals surface area contributed by atoms with Crippen molar-refractivity contribution < 1.29 is 19.2 Å². The molecule has 8 heteroatoms. The Hall–Kier alpha value is -3.03. The molecular formula is C23H30N4O4. The molecule has 3 N–H and O–H groups in total. The van der Waals surface area contributed by atoms with Gasteiger partial charge in [-0.15, -0.1) is 0 Å². The van der Waals surface area contributed by atoms with Crippen molar-refractivity contribution in [1.29, 1.82) is 0 Å². The highest BCUT2D eigenvalue weighted by molar-refractivity contribution is 6.05. The molecule has 0 bridgehead atoms. The van der Waals surface area contributed by atoms with Gasteiger partial charge in [-0.3, -0.25) is 29.5 Å². The summed E-state index contributed by atoms with van der Waals surface area (Å²) in [4.78, 5) is 53.5. The first-order chi connectivity index (χ1) is 14.9. The Labute approximate surface area is 182 Å². The maximum atomic E-state index is 13.2. The van der Waals surface area contributed by atoms with E-state index in [1.165, 1.54) is 0 Å². The summed E-state index contributed by atoms with van der Waals surface area (Å²) < 4.78 is 0. The van der Waals surface area contributed by atoms with Crippen molar-refractivity contribution in [3.63, 3.8) is 0 Å². The molecule has 1 saturated heterocycles. The van der Waals surface area contributed by atoms with Gasteiger partial charge in [0.2, 0.25) is 17.7 Å². The molecule has 2 aliphatic rings. The highest BCUT2D eigenvalue weighted by Gasteiger charge is 2.30. The van der Waals surface area contributed by atoms with Crippen LogP contribution in [-0.4, -0.2) is 35.9 Å². The highest BCUT2D eigenvalue weighted by atomic mass is 16.2. The molecular weight excluding hydrogens is 396 g/mol. The first kappa shape index (κ1) is 22.7. The number of aliphatic imine (C=N–C) groups is 1. The largest absolute Gasteiger partial charge is 0.340 e. The zero-order chi connectivity index (χ0) is 22.4. The van der Waals surface area contributed by atoms with Crippen LogP contribution in [0.3, 0.4) is 0 Å². The molecule has 0 saturated carbocycles. The molecule has 4 amide bonds. The molecule has 0 radical (unpaired) electrons. The van der Waals surface area contributed by atoms with E-state index in [-0.39, 0.29) is 30.6 Å². The van der Waals surface area contributed by atoms with Crippen LogP contribution in [0.15, 0.2) is 17.1 Å². The van der Waals surface area contributed by atoms with Crippen LogP contribution in [-0.2, 0) is 14.4 Å². The summed E-state index contributed by atoms with van der Waals surface area (Å²) in [6, 6.07) is 2.70. The Balaban J connectivity index is 1.87. The first-order valence-electron chi connectivity index (χ1n) is 11.0. The van der Waals surface area contributed by atoms with Gasteiger partial charge in [-0.05, 0) is 49.3 Å². The van der Waals surface area contributed by atoms with Crippen molar-refractivity contribution in [1.82, 2.24) is 10.6 Å². The summed E-state index contributed by atoms with van der Waals surface area (Å²) in [6.07, 6.45) is 7.16. The number of benzene rings is 1. The molecule has 1 aromatic rings. The first-order valence-corrected chi connectivity index (χ1v) is 11.0. The van der Waals surface area contributed by atoms with Crippen LogP contribution in [0.2, 0.25) is 0 Å². The van der Waals surface area contributed by atoms with Gasteiger partial charge in [-0.2, -0.15) is 0 Å². The summed E-state index contributed by atoms with van der Waals surface area (Å²) >= 11 is 0. The number of fused-ring (bicyclic) bond motifs is 1. The van der Waals surface area contributed by atoms with Crippen LogP contribution in [0, 0.1) is 0 Å². The summed E-state index contributed by atoms with van der Waals surface area (Å²) in [5.41, 5.74) is 2.38. The SMILES string of the molecule is CCCCCC(=O)Nc1cc2c(c(C(=O)NC3CCC(=O)NC3=O)c1)C(C)CCC=N2. The van der Waals surface area contributed by atoms with Gasteiger partial charge in [0.05, 0.1) is 5.69 Å². The van der Waals surface area contributed by atoms with Crippen LogP contribution in [0.5, 0.6) is 0 Å². The maximum absolute atomic E-state index is 13.2. The van der Waals surface area contributed by atoms with Crippen LogP contribution in [0.1, 0.15) is 87.1 Å². The van der Waals surface area contributed by atoms with Gasteiger partial charge in [-0.1, -0.05) is 26.7 Å². The third-order valence-electron chi connectivity index (χ3n) is 5.69. The second-order valence-corrected chi connectivity index (χ2v) is 8.23. The summed E-state index contributed by atoms with van der Waals surface area (Å²) in [5.74, 6) is -1.25. The number of rotatable bonds is 7. The van der Waals surface area contributed by atoms with E-state index < -0.39 is 17.9 Å². The van der Waals surface area contributed by atoms with Crippen molar-refractivity contribution >= 4 is 41.2 Å². The van der Waals surface area contributed by atoms with E-state index in [2.05, 4.69) is 27.9 Å². The monoisotopic (exact) mass is 426 g/mol. The number of hydrogen-bond acceptors (Lipinski definition) is 5. The number of amides is 4. The molecule has 166 valence electrons. The van der Waals surface area contributed by atoms with E-state index >= 15 is 0 Å². The minimum absolute atomic E-state index is 0.0920. The molecule has 1 aromatic carbocycles. The fourth-order valence-corrected chi connectivity index (χ4v) is 3.98. The van der Waals surface area contributed by atoms with E-state index in [4.69, 9.17) is 0 Å². The van der Waals surface area contributed by atoms with Gasteiger partial charge in [-0.25, -0.2) is 0 Å². The average molecular weight is 427 g/mol. The number of hydrogen-bond donors (Lipinski definition) is 3. The fourth-order valence-electron chi connectivity index (χ4n) is 3.98. The number of unbranched alkanes of at least 4 members (excludes halogenated alkanes) is 2. The number of carbonyl (C=O) groups excluding carboxylic acids is 4. The van der Waals surface area contributed by atoms with Crippen LogP contribution >= 0.6 is 0 Å². The van der Waals surface area contributed by atoms with E-state index in [0.717, 1.165) is 37.7 Å². The normalized spacial score (nSPS) is 20.5. The third kappa shape index (κ3) is 5.77. The lowest BCUT2D eigenvalue weighted by Gasteiger charge is -2.24. The lowest BCUT2D eigenvalue weighted by molar-refractivity contribution is -0.134. The van der Waals surface area contributed by atoms with E-state index in [0.29, 0.717) is 23.4 Å². The molecule has 2 heterocycles. The Morgan fingerprint density at radius 1 is 1.19 bits per heavy atom. The van der Waals surface area contributed by atoms with Crippen molar-refractivity contribution in [2.75, 3.05) is 5.32 Å². The lowest BCUT2D eigenvalue weighted by atomic mass is 9.90. The molecule has 8 nitrogen and oxygen atoms in total. The van der Waals surface area contributed by atoms with Gasteiger partial charge < -0.3 is 10.6 Å². The molecule has 3 rings (SSSR count). The van der Waals surface area contributed by atoms with Crippen molar-refractivity contribution in [3.05, 3.63) is 23.3 Å². The van der Waals surface area contributed by atoms with Gasteiger partial charge >= 0.3 is 0 Å². The van der Waals surface area contributed by atoms with Gasteiger partial charge in [0.1, 0.15) is 6.04 Å². The highest BCUT2D eigenvalue weighted by Crippen LogP contribution is 2.37. The second-order valence-electron chi connectivity index (χ2n) is 8.23. The zero-order valence-corrected chi connectivity index (χ0v) is 18.1. The van der Waals surface area contributed by atoms with E-state index in [9.17, 15) is 19.2 Å². The smallest absolute Gasteiger partial charge is 0.252 e. The maximum Gasteiger partial charge on any atom is 0.252 e. The lowest BCUT2D eigenvalue weighted by Crippen LogP contribution is -2.52. The number of carbonyl (C=O) groups is 4. The van der Waals surface area contributed by atoms with Crippen molar-refractivity contribution in [3.8, 4) is 0 Å². The number of nitrogens with one attached hydrogen (secondary N) is 3. The zero-order valence-electron chi connectivity index (χ0n) is 18.1. The number of imide groups is 1. The van der Waals surface area contributed by atoms with Gasteiger partial charge in [0.15, 0.2) is 0 Å². The molecule has 1 fully saturated rings. The molecule has 0 spiro atoms. The Kier molecular flexibility index (Phi) is 7.55. The predicted molar refractivity (Wildman–Crippen MR) is 119 cm³/mol. The van der Waals surface area contributed by atoms with E-state index in [1.54, 1.807) is 12.1 Å². The average Bonchev–Trinajstić information content (AvgIpc) is 2.91. The minimum Gasteiger partial charge on any atom is -0.340 e. The molecule has 2 aliphatic heterocycles. The third-order valence-corrected chi connectivity index (χ3v) is 5.69. The summed E-state index contributed by atoms with van der Waals surface area (Å²) in [6.45, 7) is 4.12. The van der Waals surface area contributed by atoms with Crippen LogP contribution in [0.4, 0.5) is 11.4 Å². The molecule has 2 unspecified atom stereocenters. The van der Waals surface area contributed by atoms with Crippen molar-refractivity contribution in [2.45, 2.75) is 77.2 Å². The summed E-state index contributed by atoms with van der Waals surface area (Å²) in [5, 5.41) is 7.89. The Morgan fingerprint density at radius 3 is 2.74 bits per heavy atom. The fraction of sp³-hybridized carbons (Fsp3) is 0.522. The van der Waals surface area contributed by atoms with E-state index in [1.807, 2.05) is 13.1 Å². The van der Waals surface area contributed by atoms with Crippen molar-refractivity contribution in [2.24, 2.45) is 4.99 Å². The summed E-state index contributed by atoms with van der Waals surface area (Å²) in [7, 11) is 0. The Bertz CT molecular complexity index is 909. The van der Waals surface area contributed by atoms with Gasteiger partial charge in [0.25, 0.3) is 5.91 Å². The number of piperidine rings is 1. The van der Waals surface area contributed by atoms with Crippen LogP contribution in [0.25, 0.3) is 0 Å². The molecule has 0 aromatic heterocycles. The number of anilines is 1. The second kappa shape index (κ2) is 10.3. The van der Waals surface area contributed by atoms with Gasteiger partial charge in [0, 0.05) is 30.3 Å². The number of nitrogens with zero attached hydrogens (tertiary/aromatic N) is 1. The quantitative estimate of drug-likeness (QED) is 0.458. The molecule has 2 atom stereocenters. The minimum atomic E-state index is -0.766. The topological polar surface area (TPSA) is 117 Å². The van der Waals surface area contributed by atoms with Crippen LogP contribution < -0.4 is 16.0 Å². The standard InChI is InChI=1S/C23H30N4O4/c1-3-4-5-8-19(28)25-15-12-16(21-14(2)7-6-11-24-18(21)13-15)22(30)26-17-9-10-20(29)27-23(17)31/h11-14,17H,3-10H2,1-2H3,(H,25,28)(H,26,30)(H,27,29,31). The predicted octanol–water partition coefficient (Wildman–Crippen LogP) is 3.34. The molecule has 0 aliphatic carbocycles. The molecule has 31 heavy (non-hydrogen) atoms.